The van der Waals surface area contributed by atoms with E-state index in [1.54, 1.807) is 18.2 Å². The molecule has 0 unspecified atom stereocenters. The lowest BCUT2D eigenvalue weighted by atomic mass is 10.2. The first-order valence-electron chi connectivity index (χ1n) is 6.62. The van der Waals surface area contributed by atoms with E-state index in [-0.39, 0.29) is 11.5 Å². The van der Waals surface area contributed by atoms with E-state index >= 15 is 0 Å². The van der Waals surface area contributed by atoms with Crippen LogP contribution in [0.15, 0.2) is 40.9 Å². The molecule has 0 aliphatic rings. The molecule has 0 saturated carbocycles. The third-order valence-electron chi connectivity index (χ3n) is 2.94. The fraction of sp³-hybridized carbons (Fsp3) is 0.125. The van der Waals surface area contributed by atoms with Gasteiger partial charge in [0, 0.05) is 17.1 Å². The summed E-state index contributed by atoms with van der Waals surface area (Å²) < 4.78 is 18.9. The molecular weight excluding hydrogens is 367 g/mol. The van der Waals surface area contributed by atoms with Gasteiger partial charge in [-0.05, 0) is 52.3 Å². The standard InChI is InChI=1S/C16H14BrFN2O3/c1-9(21)19-14-8-11(4-6-15(14)23-2)20-16(22)12-7-10(18)3-5-13(12)17/h3-8H,1-2H3,(H,19,21)(H,20,22). The van der Waals surface area contributed by atoms with Gasteiger partial charge >= 0.3 is 0 Å². The van der Waals surface area contributed by atoms with Gasteiger partial charge < -0.3 is 15.4 Å². The lowest BCUT2D eigenvalue weighted by Crippen LogP contribution is -2.14. The minimum atomic E-state index is -0.507. The second-order valence-electron chi connectivity index (χ2n) is 4.67. The van der Waals surface area contributed by atoms with E-state index in [2.05, 4.69) is 26.6 Å². The average Bonchev–Trinajstić information content (AvgIpc) is 2.49. The summed E-state index contributed by atoms with van der Waals surface area (Å²) in [5.74, 6) is -0.785. The third-order valence-corrected chi connectivity index (χ3v) is 3.63. The van der Waals surface area contributed by atoms with Gasteiger partial charge in [0.1, 0.15) is 11.6 Å². The van der Waals surface area contributed by atoms with E-state index in [4.69, 9.17) is 4.74 Å². The number of methoxy groups -OCH3 is 1. The van der Waals surface area contributed by atoms with Crippen molar-refractivity contribution in [2.75, 3.05) is 17.7 Å². The summed E-state index contributed by atoms with van der Waals surface area (Å²) in [4.78, 5) is 23.5. The highest BCUT2D eigenvalue weighted by atomic mass is 79.9. The predicted octanol–water partition coefficient (Wildman–Crippen LogP) is 3.81. The number of rotatable bonds is 4. The van der Waals surface area contributed by atoms with Crippen molar-refractivity contribution in [3.8, 4) is 5.75 Å². The zero-order chi connectivity index (χ0) is 17.0. The second kappa shape index (κ2) is 7.23. The molecule has 23 heavy (non-hydrogen) atoms. The Labute approximate surface area is 141 Å². The van der Waals surface area contributed by atoms with Crippen molar-refractivity contribution in [3.05, 3.63) is 52.3 Å². The number of anilines is 2. The van der Waals surface area contributed by atoms with Crippen LogP contribution >= 0.6 is 15.9 Å². The Hall–Kier alpha value is -2.41. The van der Waals surface area contributed by atoms with Gasteiger partial charge in [-0.3, -0.25) is 9.59 Å². The molecule has 2 aromatic rings. The lowest BCUT2D eigenvalue weighted by Gasteiger charge is -2.12. The monoisotopic (exact) mass is 380 g/mol. The molecule has 120 valence electrons. The van der Waals surface area contributed by atoms with Gasteiger partial charge in [0.25, 0.3) is 5.91 Å². The molecular formula is C16H14BrFN2O3. The number of carbonyl (C=O) groups is 2. The Morgan fingerprint density at radius 3 is 2.52 bits per heavy atom. The summed E-state index contributed by atoms with van der Waals surface area (Å²) in [5.41, 5.74) is 1.04. The Morgan fingerprint density at radius 1 is 1.13 bits per heavy atom. The van der Waals surface area contributed by atoms with Gasteiger partial charge in [0.2, 0.25) is 5.91 Å². The third kappa shape index (κ3) is 4.29. The van der Waals surface area contributed by atoms with E-state index in [1.165, 1.54) is 26.2 Å². The summed E-state index contributed by atoms with van der Waals surface area (Å²) in [6.07, 6.45) is 0. The first-order valence-corrected chi connectivity index (χ1v) is 7.42. The van der Waals surface area contributed by atoms with Crippen LogP contribution in [0.2, 0.25) is 0 Å². The van der Waals surface area contributed by atoms with Crippen LogP contribution < -0.4 is 15.4 Å². The highest BCUT2D eigenvalue weighted by Crippen LogP contribution is 2.28. The first-order chi connectivity index (χ1) is 10.9. The minimum absolute atomic E-state index is 0.168. The molecule has 0 saturated heterocycles. The fourth-order valence-corrected chi connectivity index (χ4v) is 2.37. The summed E-state index contributed by atoms with van der Waals surface area (Å²) in [7, 11) is 1.47. The van der Waals surface area contributed by atoms with Gasteiger partial charge in [-0.15, -0.1) is 0 Å². The number of carbonyl (C=O) groups excluding carboxylic acids is 2. The Morgan fingerprint density at radius 2 is 1.87 bits per heavy atom. The van der Waals surface area contributed by atoms with Crippen LogP contribution in [0.5, 0.6) is 5.75 Å². The van der Waals surface area contributed by atoms with E-state index in [0.29, 0.717) is 21.6 Å². The van der Waals surface area contributed by atoms with Gasteiger partial charge in [0.15, 0.2) is 0 Å². The van der Waals surface area contributed by atoms with E-state index in [9.17, 15) is 14.0 Å². The van der Waals surface area contributed by atoms with Crippen LogP contribution in [0.4, 0.5) is 15.8 Å². The molecule has 7 heteroatoms. The van der Waals surface area contributed by atoms with Crippen molar-refractivity contribution in [3.63, 3.8) is 0 Å². The number of nitrogens with one attached hydrogen (secondary N) is 2. The molecule has 0 bridgehead atoms. The highest BCUT2D eigenvalue weighted by molar-refractivity contribution is 9.10. The topological polar surface area (TPSA) is 67.4 Å². The number of ether oxygens (including phenoxy) is 1. The van der Waals surface area contributed by atoms with Crippen LogP contribution in [-0.2, 0) is 4.79 Å². The molecule has 0 aromatic heterocycles. The van der Waals surface area contributed by atoms with E-state index < -0.39 is 11.7 Å². The molecule has 2 aromatic carbocycles. The quantitative estimate of drug-likeness (QED) is 0.847. The zero-order valence-electron chi connectivity index (χ0n) is 12.4. The van der Waals surface area contributed by atoms with Crippen molar-refractivity contribution in [1.29, 1.82) is 0 Å². The smallest absolute Gasteiger partial charge is 0.256 e. The summed E-state index contributed by atoms with van der Waals surface area (Å²) >= 11 is 3.21. The zero-order valence-corrected chi connectivity index (χ0v) is 14.0. The maximum absolute atomic E-state index is 13.3. The molecule has 0 aliphatic carbocycles. The maximum atomic E-state index is 13.3. The summed E-state index contributed by atoms with van der Waals surface area (Å²) in [5, 5.41) is 5.26. The van der Waals surface area contributed by atoms with Crippen molar-refractivity contribution < 1.29 is 18.7 Å². The van der Waals surface area contributed by atoms with Crippen molar-refractivity contribution in [2.45, 2.75) is 6.92 Å². The van der Waals surface area contributed by atoms with Gasteiger partial charge in [-0.2, -0.15) is 0 Å². The Bertz CT molecular complexity index is 765. The SMILES string of the molecule is COc1ccc(NC(=O)c2cc(F)ccc2Br)cc1NC(C)=O. The molecule has 5 nitrogen and oxygen atoms in total. The number of amides is 2. The average molecular weight is 381 g/mol. The molecule has 2 N–H and O–H groups in total. The van der Waals surface area contributed by atoms with Gasteiger partial charge in [-0.1, -0.05) is 0 Å². The van der Waals surface area contributed by atoms with Gasteiger partial charge in [0.05, 0.1) is 18.4 Å². The molecule has 0 fully saturated rings. The number of hydrogen-bond donors (Lipinski definition) is 2. The highest BCUT2D eigenvalue weighted by Gasteiger charge is 2.13. The number of halogens is 2. The van der Waals surface area contributed by atoms with E-state index in [0.717, 1.165) is 6.07 Å². The normalized spacial score (nSPS) is 10.1. The molecule has 2 amide bonds. The molecule has 0 heterocycles. The largest absolute Gasteiger partial charge is 0.495 e. The summed E-state index contributed by atoms with van der Waals surface area (Å²) in [6.45, 7) is 1.37. The lowest BCUT2D eigenvalue weighted by molar-refractivity contribution is -0.114. The number of hydrogen-bond acceptors (Lipinski definition) is 3. The van der Waals surface area contributed by atoms with Crippen molar-refractivity contribution in [1.82, 2.24) is 0 Å². The van der Waals surface area contributed by atoms with Crippen LogP contribution in [0.3, 0.4) is 0 Å². The van der Waals surface area contributed by atoms with Crippen LogP contribution in [-0.4, -0.2) is 18.9 Å². The number of benzene rings is 2. The Balaban J connectivity index is 2.27. The molecule has 0 aliphatic heterocycles. The van der Waals surface area contributed by atoms with Crippen LogP contribution in [0, 0.1) is 5.82 Å². The summed E-state index contributed by atoms with van der Waals surface area (Å²) in [6, 6.07) is 8.64. The predicted molar refractivity (Wildman–Crippen MR) is 89.4 cm³/mol. The van der Waals surface area contributed by atoms with Crippen molar-refractivity contribution >= 4 is 39.1 Å². The second-order valence-corrected chi connectivity index (χ2v) is 5.53. The van der Waals surface area contributed by atoms with Crippen LogP contribution in [0.25, 0.3) is 0 Å². The molecule has 2 rings (SSSR count). The minimum Gasteiger partial charge on any atom is -0.495 e. The van der Waals surface area contributed by atoms with Crippen LogP contribution in [0.1, 0.15) is 17.3 Å². The molecule has 0 atom stereocenters. The maximum Gasteiger partial charge on any atom is 0.256 e. The molecule has 0 spiro atoms. The van der Waals surface area contributed by atoms with Gasteiger partial charge in [-0.25, -0.2) is 4.39 Å². The first kappa shape index (κ1) is 17.0. The Kier molecular flexibility index (Phi) is 5.33. The van der Waals surface area contributed by atoms with E-state index in [1.807, 2.05) is 0 Å². The van der Waals surface area contributed by atoms with Crippen molar-refractivity contribution in [2.24, 2.45) is 0 Å². The fourth-order valence-electron chi connectivity index (χ4n) is 1.94. The molecule has 0 radical (unpaired) electrons.